The molecule has 2 aliphatic rings. The van der Waals surface area contributed by atoms with Crippen LogP contribution in [0.1, 0.15) is 44.9 Å². The van der Waals surface area contributed by atoms with E-state index in [0.717, 1.165) is 6.54 Å². The van der Waals surface area contributed by atoms with Gasteiger partial charge >= 0.3 is 0 Å². The van der Waals surface area contributed by atoms with Crippen LogP contribution in [0.25, 0.3) is 0 Å². The summed E-state index contributed by atoms with van der Waals surface area (Å²) < 4.78 is 0. The lowest BCUT2D eigenvalue weighted by Crippen LogP contribution is -2.32. The van der Waals surface area contributed by atoms with E-state index in [0.29, 0.717) is 5.41 Å². The largest absolute Gasteiger partial charge is 0.330 e. The van der Waals surface area contributed by atoms with Crippen LogP contribution >= 0.6 is 0 Å². The lowest BCUT2D eigenvalue weighted by molar-refractivity contribution is 0.206. The molecule has 2 nitrogen and oxygen atoms in total. The highest BCUT2D eigenvalue weighted by Gasteiger charge is 2.41. The zero-order valence-electron chi connectivity index (χ0n) is 9.30. The normalized spacial score (nSPS) is 26.4. The molecule has 0 atom stereocenters. The Labute approximate surface area is 87.8 Å². The third-order valence-electron chi connectivity index (χ3n) is 4.04. The Kier molecular flexibility index (Phi) is 3.45. The maximum absolute atomic E-state index is 5.65. The highest BCUT2D eigenvalue weighted by molar-refractivity contribution is 4.93. The van der Waals surface area contributed by atoms with Crippen molar-refractivity contribution in [2.24, 2.45) is 11.1 Å². The monoisotopic (exact) mass is 196 g/mol. The molecular weight excluding hydrogens is 172 g/mol. The zero-order valence-corrected chi connectivity index (χ0v) is 9.30. The number of likely N-dealkylation sites (tertiary alicyclic amines) is 1. The summed E-state index contributed by atoms with van der Waals surface area (Å²) in [5.74, 6) is 0. The smallest absolute Gasteiger partial charge is 0.00134 e. The van der Waals surface area contributed by atoms with Crippen molar-refractivity contribution in [1.29, 1.82) is 0 Å². The molecule has 2 N–H and O–H groups in total. The van der Waals surface area contributed by atoms with Crippen LogP contribution in [0.15, 0.2) is 0 Å². The zero-order chi connectivity index (χ0) is 9.86. The standard InChI is InChI=1S/C12H24N2/c13-8-6-12(4-5-12)7-11-14-9-2-1-3-10-14/h1-11,13H2. The van der Waals surface area contributed by atoms with Crippen LogP contribution in [-0.4, -0.2) is 31.1 Å². The van der Waals surface area contributed by atoms with Crippen LogP contribution in [0.4, 0.5) is 0 Å². The van der Waals surface area contributed by atoms with Crippen LogP contribution in [0.2, 0.25) is 0 Å². The molecule has 0 aromatic carbocycles. The van der Waals surface area contributed by atoms with Gasteiger partial charge in [0.05, 0.1) is 0 Å². The molecular formula is C12H24N2. The molecule has 1 aliphatic heterocycles. The summed E-state index contributed by atoms with van der Waals surface area (Å²) in [6.45, 7) is 4.91. The number of hydrogen-bond acceptors (Lipinski definition) is 2. The van der Waals surface area contributed by atoms with Crippen molar-refractivity contribution >= 4 is 0 Å². The van der Waals surface area contributed by atoms with Gasteiger partial charge in [-0.3, -0.25) is 0 Å². The predicted octanol–water partition coefficient (Wildman–Crippen LogP) is 1.99. The molecule has 1 heterocycles. The van der Waals surface area contributed by atoms with Gasteiger partial charge in [0, 0.05) is 0 Å². The van der Waals surface area contributed by atoms with Gasteiger partial charge in [0.2, 0.25) is 0 Å². The van der Waals surface area contributed by atoms with Gasteiger partial charge in [-0.1, -0.05) is 6.42 Å². The molecule has 1 saturated heterocycles. The molecule has 0 bridgehead atoms. The lowest BCUT2D eigenvalue weighted by atomic mass is 9.97. The highest BCUT2D eigenvalue weighted by Crippen LogP contribution is 2.51. The number of hydrogen-bond donors (Lipinski definition) is 1. The molecule has 0 unspecified atom stereocenters. The summed E-state index contributed by atoms with van der Waals surface area (Å²) in [6, 6.07) is 0. The molecule has 14 heavy (non-hydrogen) atoms. The van der Waals surface area contributed by atoms with E-state index in [4.69, 9.17) is 5.73 Å². The van der Waals surface area contributed by atoms with Crippen LogP contribution in [0.3, 0.4) is 0 Å². The van der Waals surface area contributed by atoms with Gasteiger partial charge in [0.25, 0.3) is 0 Å². The lowest BCUT2D eigenvalue weighted by Gasteiger charge is -2.28. The van der Waals surface area contributed by atoms with Crippen molar-refractivity contribution in [2.75, 3.05) is 26.2 Å². The van der Waals surface area contributed by atoms with Gasteiger partial charge in [-0.05, 0) is 70.1 Å². The minimum Gasteiger partial charge on any atom is -0.330 e. The van der Waals surface area contributed by atoms with Gasteiger partial charge in [-0.2, -0.15) is 0 Å². The Morgan fingerprint density at radius 3 is 2.29 bits per heavy atom. The maximum Gasteiger partial charge on any atom is -0.00134 e. The Hall–Kier alpha value is -0.0800. The number of rotatable bonds is 5. The van der Waals surface area contributed by atoms with Crippen molar-refractivity contribution in [2.45, 2.75) is 44.9 Å². The number of nitrogens with zero attached hydrogens (tertiary/aromatic N) is 1. The van der Waals surface area contributed by atoms with Crippen molar-refractivity contribution < 1.29 is 0 Å². The van der Waals surface area contributed by atoms with Gasteiger partial charge in [-0.15, -0.1) is 0 Å². The molecule has 0 aromatic rings. The Morgan fingerprint density at radius 1 is 1.00 bits per heavy atom. The Bertz CT molecular complexity index is 169. The van der Waals surface area contributed by atoms with E-state index in [2.05, 4.69) is 4.90 Å². The molecule has 82 valence electrons. The van der Waals surface area contributed by atoms with Crippen molar-refractivity contribution in [3.05, 3.63) is 0 Å². The first-order valence-corrected chi connectivity index (χ1v) is 6.27. The molecule has 0 radical (unpaired) electrons. The summed E-state index contributed by atoms with van der Waals surface area (Å²) in [6.07, 6.45) is 9.85. The fraction of sp³-hybridized carbons (Fsp3) is 1.00. The van der Waals surface area contributed by atoms with Crippen LogP contribution in [0.5, 0.6) is 0 Å². The molecule has 0 aromatic heterocycles. The average molecular weight is 196 g/mol. The summed E-state index contributed by atoms with van der Waals surface area (Å²) in [4.78, 5) is 2.65. The summed E-state index contributed by atoms with van der Waals surface area (Å²) >= 11 is 0. The maximum atomic E-state index is 5.65. The first-order chi connectivity index (χ1) is 6.85. The van der Waals surface area contributed by atoms with Gasteiger partial charge in [0.1, 0.15) is 0 Å². The van der Waals surface area contributed by atoms with Crippen LogP contribution < -0.4 is 5.73 Å². The van der Waals surface area contributed by atoms with E-state index in [1.165, 1.54) is 64.6 Å². The van der Waals surface area contributed by atoms with Crippen molar-refractivity contribution in [1.82, 2.24) is 4.90 Å². The molecule has 2 heteroatoms. The second kappa shape index (κ2) is 4.63. The van der Waals surface area contributed by atoms with Gasteiger partial charge in [-0.25, -0.2) is 0 Å². The highest BCUT2D eigenvalue weighted by atomic mass is 15.1. The van der Waals surface area contributed by atoms with Crippen LogP contribution in [0, 0.1) is 5.41 Å². The Morgan fingerprint density at radius 2 is 1.71 bits per heavy atom. The average Bonchev–Trinajstić information content (AvgIpc) is 2.98. The van der Waals surface area contributed by atoms with E-state index in [1.807, 2.05) is 0 Å². The molecule has 2 rings (SSSR count). The third-order valence-corrected chi connectivity index (χ3v) is 4.04. The second-order valence-electron chi connectivity index (χ2n) is 5.19. The summed E-state index contributed by atoms with van der Waals surface area (Å²) in [5, 5.41) is 0. The Balaban J connectivity index is 1.65. The minimum atomic E-state index is 0.687. The van der Waals surface area contributed by atoms with E-state index in [-0.39, 0.29) is 0 Å². The van der Waals surface area contributed by atoms with Gasteiger partial charge in [0.15, 0.2) is 0 Å². The van der Waals surface area contributed by atoms with Crippen molar-refractivity contribution in [3.63, 3.8) is 0 Å². The fourth-order valence-electron chi connectivity index (χ4n) is 2.69. The number of nitrogens with two attached hydrogens (primary N) is 1. The molecule has 0 amide bonds. The van der Waals surface area contributed by atoms with Gasteiger partial charge < -0.3 is 10.6 Å². The first-order valence-electron chi connectivity index (χ1n) is 6.27. The minimum absolute atomic E-state index is 0.687. The molecule has 1 saturated carbocycles. The molecule has 1 aliphatic carbocycles. The van der Waals surface area contributed by atoms with E-state index < -0.39 is 0 Å². The SMILES string of the molecule is NCCC1(CCN2CCCCC2)CC1. The fourth-order valence-corrected chi connectivity index (χ4v) is 2.69. The quantitative estimate of drug-likeness (QED) is 0.728. The third kappa shape index (κ3) is 2.71. The van der Waals surface area contributed by atoms with E-state index in [1.54, 1.807) is 0 Å². The number of piperidine rings is 1. The first kappa shape index (κ1) is 10.4. The van der Waals surface area contributed by atoms with E-state index >= 15 is 0 Å². The molecule has 2 fully saturated rings. The summed E-state index contributed by atoms with van der Waals surface area (Å²) in [7, 11) is 0. The second-order valence-corrected chi connectivity index (χ2v) is 5.19. The summed E-state index contributed by atoms with van der Waals surface area (Å²) in [5.41, 5.74) is 6.34. The van der Waals surface area contributed by atoms with E-state index in [9.17, 15) is 0 Å². The topological polar surface area (TPSA) is 29.3 Å². The van der Waals surface area contributed by atoms with Crippen molar-refractivity contribution in [3.8, 4) is 0 Å². The molecule has 0 spiro atoms. The predicted molar refractivity (Wildman–Crippen MR) is 60.2 cm³/mol. The van der Waals surface area contributed by atoms with Crippen LogP contribution in [-0.2, 0) is 0 Å².